The first-order chi connectivity index (χ1) is 9.26. The van der Waals surface area contributed by atoms with E-state index in [1.807, 2.05) is 23.1 Å². The Morgan fingerprint density at radius 2 is 1.79 bits per heavy atom. The van der Waals surface area contributed by atoms with Gasteiger partial charge in [0.05, 0.1) is 6.54 Å². The zero-order valence-corrected chi connectivity index (χ0v) is 11.8. The molecular weight excluding hydrogens is 236 g/mol. The molecule has 19 heavy (non-hydrogen) atoms. The number of nitriles is 1. The van der Waals surface area contributed by atoms with Crippen molar-refractivity contribution in [1.82, 2.24) is 9.80 Å². The van der Waals surface area contributed by atoms with Crippen molar-refractivity contribution in [2.24, 2.45) is 5.73 Å². The Kier molecular flexibility index (Phi) is 7.64. The van der Waals surface area contributed by atoms with Gasteiger partial charge in [-0.2, -0.15) is 5.26 Å². The van der Waals surface area contributed by atoms with Crippen molar-refractivity contribution >= 4 is 0 Å². The van der Waals surface area contributed by atoms with Crippen molar-refractivity contribution in [2.75, 3.05) is 33.2 Å². The molecule has 0 unspecified atom stereocenters. The Labute approximate surface area is 116 Å². The topological polar surface area (TPSA) is 56.3 Å². The van der Waals surface area contributed by atoms with E-state index in [2.05, 4.69) is 30.3 Å². The predicted molar refractivity (Wildman–Crippen MR) is 78.3 cm³/mol. The van der Waals surface area contributed by atoms with Crippen LogP contribution >= 0.6 is 0 Å². The van der Waals surface area contributed by atoms with E-state index >= 15 is 0 Å². The van der Waals surface area contributed by atoms with Gasteiger partial charge >= 0.3 is 0 Å². The molecule has 0 aliphatic carbocycles. The Bertz CT molecular complexity index is 371. The van der Waals surface area contributed by atoms with Crippen molar-refractivity contribution in [1.29, 1.82) is 5.26 Å². The average Bonchev–Trinajstić information content (AvgIpc) is 2.45. The molecule has 0 spiro atoms. The number of hydrogen-bond acceptors (Lipinski definition) is 4. The molecule has 1 aromatic rings. The maximum Gasteiger partial charge on any atom is 0.179 e. The Morgan fingerprint density at radius 3 is 2.42 bits per heavy atom. The van der Waals surface area contributed by atoms with Gasteiger partial charge in [-0.1, -0.05) is 30.3 Å². The fourth-order valence-electron chi connectivity index (χ4n) is 1.97. The fourth-order valence-corrected chi connectivity index (χ4v) is 1.97. The molecule has 2 N–H and O–H groups in total. The van der Waals surface area contributed by atoms with Crippen LogP contribution in [0.25, 0.3) is 0 Å². The van der Waals surface area contributed by atoms with Gasteiger partial charge in [0.25, 0.3) is 0 Å². The highest BCUT2D eigenvalue weighted by Gasteiger charge is 2.04. The zero-order valence-electron chi connectivity index (χ0n) is 11.8. The third kappa shape index (κ3) is 6.80. The largest absolute Gasteiger partial charge is 0.330 e. The maximum atomic E-state index is 9.14. The molecule has 4 nitrogen and oxygen atoms in total. The minimum absolute atomic E-state index is 0.698. The summed E-state index contributed by atoms with van der Waals surface area (Å²) in [5.41, 5.74) is 6.66. The SMILES string of the molecule is CN(CCCN)CCCN(C#N)Cc1ccccc1. The molecule has 104 valence electrons. The summed E-state index contributed by atoms with van der Waals surface area (Å²) < 4.78 is 0. The van der Waals surface area contributed by atoms with Crippen molar-refractivity contribution < 1.29 is 0 Å². The first kappa shape index (κ1) is 15.5. The van der Waals surface area contributed by atoms with E-state index in [4.69, 9.17) is 11.0 Å². The Morgan fingerprint density at radius 1 is 1.11 bits per heavy atom. The third-order valence-corrected chi connectivity index (χ3v) is 3.07. The van der Waals surface area contributed by atoms with E-state index in [9.17, 15) is 0 Å². The van der Waals surface area contributed by atoms with Crippen molar-refractivity contribution in [3.8, 4) is 6.19 Å². The number of nitrogens with two attached hydrogens (primary N) is 1. The molecule has 1 rings (SSSR count). The lowest BCUT2D eigenvalue weighted by molar-refractivity contribution is 0.294. The average molecular weight is 260 g/mol. The highest BCUT2D eigenvalue weighted by atomic mass is 15.1. The molecule has 0 radical (unpaired) electrons. The summed E-state index contributed by atoms with van der Waals surface area (Å²) in [6.45, 7) is 4.28. The van der Waals surface area contributed by atoms with E-state index in [1.165, 1.54) is 5.56 Å². The summed E-state index contributed by atoms with van der Waals surface area (Å²) in [4.78, 5) is 4.08. The minimum atomic E-state index is 0.698. The second-order valence-electron chi connectivity index (χ2n) is 4.81. The second kappa shape index (κ2) is 9.37. The van der Waals surface area contributed by atoms with Crippen LogP contribution in [0.2, 0.25) is 0 Å². The van der Waals surface area contributed by atoms with Crippen LogP contribution in [0.4, 0.5) is 0 Å². The summed E-state index contributed by atoms with van der Waals surface area (Å²) in [5, 5.41) is 9.14. The van der Waals surface area contributed by atoms with Crippen LogP contribution < -0.4 is 5.73 Å². The van der Waals surface area contributed by atoms with E-state index in [0.717, 1.165) is 39.0 Å². The van der Waals surface area contributed by atoms with Crippen molar-refractivity contribution in [2.45, 2.75) is 19.4 Å². The smallest absolute Gasteiger partial charge is 0.179 e. The fraction of sp³-hybridized carbons (Fsp3) is 0.533. The van der Waals surface area contributed by atoms with Gasteiger partial charge in [-0.05, 0) is 45.1 Å². The van der Waals surface area contributed by atoms with E-state index < -0.39 is 0 Å². The second-order valence-corrected chi connectivity index (χ2v) is 4.81. The van der Waals surface area contributed by atoms with Gasteiger partial charge in [0.1, 0.15) is 0 Å². The standard InChI is InChI=1S/C15H24N4/c1-18(10-5-9-16)11-6-12-19(14-17)13-15-7-3-2-4-8-15/h2-4,7-8H,5-6,9-13,16H2,1H3. The van der Waals surface area contributed by atoms with Crippen LogP contribution in [-0.2, 0) is 6.54 Å². The lowest BCUT2D eigenvalue weighted by Gasteiger charge is -2.19. The molecule has 0 bridgehead atoms. The predicted octanol–water partition coefficient (Wildman–Crippen LogP) is 1.64. The molecule has 4 heteroatoms. The van der Waals surface area contributed by atoms with Gasteiger partial charge in [0.15, 0.2) is 6.19 Å². The van der Waals surface area contributed by atoms with E-state index in [-0.39, 0.29) is 0 Å². The summed E-state index contributed by atoms with van der Waals surface area (Å²) >= 11 is 0. The first-order valence-corrected chi connectivity index (χ1v) is 6.83. The van der Waals surface area contributed by atoms with Gasteiger partial charge < -0.3 is 15.5 Å². The number of rotatable bonds is 9. The number of hydrogen-bond donors (Lipinski definition) is 1. The normalized spacial score (nSPS) is 10.4. The molecule has 0 aromatic heterocycles. The van der Waals surface area contributed by atoms with Crippen LogP contribution in [0.3, 0.4) is 0 Å². The summed E-state index contributed by atoms with van der Waals surface area (Å²) in [7, 11) is 2.10. The van der Waals surface area contributed by atoms with Crippen LogP contribution in [0, 0.1) is 11.5 Å². The van der Waals surface area contributed by atoms with Crippen molar-refractivity contribution in [3.63, 3.8) is 0 Å². The molecule has 0 fully saturated rings. The molecule has 0 saturated carbocycles. The monoisotopic (exact) mass is 260 g/mol. The minimum Gasteiger partial charge on any atom is -0.330 e. The summed E-state index contributed by atoms with van der Waals surface area (Å²) in [5.74, 6) is 0. The van der Waals surface area contributed by atoms with Crippen LogP contribution in [0.15, 0.2) is 30.3 Å². The lowest BCUT2D eigenvalue weighted by Crippen LogP contribution is -2.26. The van der Waals surface area contributed by atoms with Crippen molar-refractivity contribution in [3.05, 3.63) is 35.9 Å². The van der Waals surface area contributed by atoms with Gasteiger partial charge in [0, 0.05) is 6.54 Å². The Balaban J connectivity index is 2.24. The van der Waals surface area contributed by atoms with Gasteiger partial charge in [0.2, 0.25) is 0 Å². The molecule has 0 heterocycles. The molecular formula is C15H24N4. The van der Waals surface area contributed by atoms with Gasteiger partial charge in [-0.25, -0.2) is 0 Å². The molecule has 1 aromatic carbocycles. The zero-order chi connectivity index (χ0) is 13.9. The first-order valence-electron chi connectivity index (χ1n) is 6.83. The quantitative estimate of drug-likeness (QED) is 0.542. The van der Waals surface area contributed by atoms with E-state index in [1.54, 1.807) is 0 Å². The third-order valence-electron chi connectivity index (χ3n) is 3.07. The highest BCUT2D eigenvalue weighted by Crippen LogP contribution is 2.04. The van der Waals surface area contributed by atoms with Gasteiger partial charge in [-0.3, -0.25) is 0 Å². The van der Waals surface area contributed by atoms with E-state index in [0.29, 0.717) is 6.54 Å². The summed E-state index contributed by atoms with van der Waals surface area (Å²) in [6, 6.07) is 10.1. The van der Waals surface area contributed by atoms with Crippen LogP contribution in [0.1, 0.15) is 18.4 Å². The lowest BCUT2D eigenvalue weighted by atomic mass is 10.2. The van der Waals surface area contributed by atoms with Gasteiger partial charge in [-0.15, -0.1) is 0 Å². The number of nitrogens with zero attached hydrogens (tertiary/aromatic N) is 3. The molecule has 0 amide bonds. The van der Waals surface area contributed by atoms with Crippen LogP contribution in [-0.4, -0.2) is 43.0 Å². The Hall–Kier alpha value is -1.57. The summed E-state index contributed by atoms with van der Waals surface area (Å²) in [6.07, 6.45) is 4.29. The molecule has 0 atom stereocenters. The molecule has 0 aliphatic rings. The molecule has 0 aliphatic heterocycles. The van der Waals surface area contributed by atoms with Crippen LogP contribution in [0.5, 0.6) is 0 Å². The number of benzene rings is 1. The maximum absolute atomic E-state index is 9.14. The molecule has 0 saturated heterocycles. The highest BCUT2D eigenvalue weighted by molar-refractivity contribution is 5.14.